The number of rotatable bonds is 9. The van der Waals surface area contributed by atoms with E-state index >= 15 is 0 Å². The van der Waals surface area contributed by atoms with Crippen molar-refractivity contribution in [1.82, 2.24) is 9.80 Å². The molecule has 1 aromatic carbocycles. The summed E-state index contributed by atoms with van der Waals surface area (Å²) in [6.07, 6.45) is 1.33. The summed E-state index contributed by atoms with van der Waals surface area (Å²) in [6.45, 7) is 7.74. The van der Waals surface area contributed by atoms with Gasteiger partial charge >= 0.3 is 0 Å². The molecule has 6 nitrogen and oxygen atoms in total. The first-order valence-electron chi connectivity index (χ1n) is 9.73. The number of piperidine rings is 1. The Morgan fingerprint density at radius 2 is 2.00 bits per heavy atom. The highest BCUT2D eigenvalue weighted by Crippen LogP contribution is 2.29. The number of aliphatic hydroxyl groups is 1. The van der Waals surface area contributed by atoms with Crippen molar-refractivity contribution in [2.75, 3.05) is 40.4 Å². The lowest BCUT2D eigenvalue weighted by atomic mass is 9.98. The molecule has 0 saturated carbocycles. The molecule has 0 aliphatic carbocycles. The van der Waals surface area contributed by atoms with Gasteiger partial charge in [0.1, 0.15) is 12.7 Å². The van der Waals surface area contributed by atoms with Gasteiger partial charge in [0.2, 0.25) is 0 Å². The molecule has 0 amide bonds. The van der Waals surface area contributed by atoms with Crippen molar-refractivity contribution in [2.24, 2.45) is 5.92 Å². The number of hydrogen-bond acceptors (Lipinski definition) is 6. The van der Waals surface area contributed by atoms with E-state index in [4.69, 9.17) is 14.7 Å². The second-order valence-electron chi connectivity index (χ2n) is 7.66. The normalized spacial score (nSPS) is 17.1. The van der Waals surface area contributed by atoms with Crippen molar-refractivity contribution >= 4 is 0 Å². The van der Waals surface area contributed by atoms with Gasteiger partial charge in [0.25, 0.3) is 0 Å². The lowest BCUT2D eigenvalue weighted by Crippen LogP contribution is -2.37. The lowest BCUT2D eigenvalue weighted by molar-refractivity contribution is 0.0668. The van der Waals surface area contributed by atoms with Crippen molar-refractivity contribution in [1.29, 1.82) is 5.26 Å². The largest absolute Gasteiger partial charge is 0.493 e. The minimum atomic E-state index is -0.553. The molecule has 1 N–H and O–H groups in total. The maximum absolute atomic E-state index is 10.2. The van der Waals surface area contributed by atoms with Crippen molar-refractivity contribution in [3.8, 4) is 17.6 Å². The van der Waals surface area contributed by atoms with Crippen molar-refractivity contribution < 1.29 is 14.6 Å². The molecule has 0 radical (unpaired) electrons. The zero-order chi connectivity index (χ0) is 19.8. The van der Waals surface area contributed by atoms with E-state index < -0.39 is 6.10 Å². The molecule has 150 valence electrons. The first-order valence-corrected chi connectivity index (χ1v) is 9.73. The Hall–Kier alpha value is -1.81. The number of likely N-dealkylation sites (N-methyl/N-ethyl adjacent to an activating group) is 1. The first-order chi connectivity index (χ1) is 12.9. The SMILES string of the molecule is COc1cc(CN2CCC(C#N)CC2)ccc1OC[C@H](O)CN(C)C(C)C. The van der Waals surface area contributed by atoms with Crippen LogP contribution in [0, 0.1) is 17.2 Å². The summed E-state index contributed by atoms with van der Waals surface area (Å²) in [4.78, 5) is 4.46. The summed E-state index contributed by atoms with van der Waals surface area (Å²) in [7, 11) is 3.62. The summed E-state index contributed by atoms with van der Waals surface area (Å²) in [5, 5.41) is 19.2. The van der Waals surface area contributed by atoms with E-state index in [1.807, 2.05) is 25.2 Å². The number of benzene rings is 1. The maximum atomic E-state index is 10.2. The van der Waals surface area contributed by atoms with E-state index in [2.05, 4.69) is 29.7 Å². The summed E-state index contributed by atoms with van der Waals surface area (Å²) < 4.78 is 11.3. The van der Waals surface area contributed by atoms with Crippen molar-refractivity contribution in [3.63, 3.8) is 0 Å². The van der Waals surface area contributed by atoms with E-state index in [9.17, 15) is 5.11 Å². The fourth-order valence-corrected chi connectivity index (χ4v) is 3.19. The molecule has 6 heteroatoms. The monoisotopic (exact) mass is 375 g/mol. The fourth-order valence-electron chi connectivity index (χ4n) is 3.19. The van der Waals surface area contributed by atoms with Gasteiger partial charge in [0.15, 0.2) is 11.5 Å². The van der Waals surface area contributed by atoms with Crippen LogP contribution in [0.1, 0.15) is 32.3 Å². The Balaban J connectivity index is 1.89. The Morgan fingerprint density at radius 3 is 2.59 bits per heavy atom. The number of nitriles is 1. The van der Waals surface area contributed by atoms with Crippen LogP contribution in [0.15, 0.2) is 18.2 Å². The molecule has 1 saturated heterocycles. The van der Waals surface area contributed by atoms with E-state index in [0.29, 0.717) is 24.1 Å². The quantitative estimate of drug-likeness (QED) is 0.715. The average Bonchev–Trinajstić information content (AvgIpc) is 2.67. The van der Waals surface area contributed by atoms with Crippen molar-refractivity contribution in [3.05, 3.63) is 23.8 Å². The van der Waals surface area contributed by atoms with Gasteiger partial charge in [-0.15, -0.1) is 0 Å². The van der Waals surface area contributed by atoms with Crippen LogP contribution < -0.4 is 9.47 Å². The molecule has 0 unspecified atom stereocenters. The summed E-state index contributed by atoms with van der Waals surface area (Å²) in [6, 6.07) is 8.70. The molecule has 1 fully saturated rings. The number of methoxy groups -OCH3 is 1. The van der Waals surface area contributed by atoms with E-state index in [1.165, 1.54) is 0 Å². The average molecular weight is 376 g/mol. The molecule has 1 aliphatic heterocycles. The molecule has 2 rings (SSSR count). The van der Waals surface area contributed by atoms with Crippen LogP contribution in [-0.2, 0) is 6.54 Å². The third-order valence-electron chi connectivity index (χ3n) is 5.22. The third-order valence-corrected chi connectivity index (χ3v) is 5.22. The Labute approximate surface area is 163 Å². The van der Waals surface area contributed by atoms with Crippen LogP contribution in [0.5, 0.6) is 11.5 Å². The Morgan fingerprint density at radius 1 is 1.30 bits per heavy atom. The minimum absolute atomic E-state index is 0.202. The van der Waals surface area contributed by atoms with E-state index in [-0.39, 0.29) is 12.5 Å². The Bertz CT molecular complexity index is 622. The molecule has 0 bridgehead atoms. The fraction of sp³-hybridized carbons (Fsp3) is 0.667. The van der Waals surface area contributed by atoms with E-state index in [1.54, 1.807) is 7.11 Å². The van der Waals surface area contributed by atoms with Gasteiger partial charge in [-0.3, -0.25) is 4.90 Å². The molecule has 1 atom stereocenters. The van der Waals surface area contributed by atoms with E-state index in [0.717, 1.165) is 38.0 Å². The molecular formula is C21H33N3O3. The molecule has 0 aromatic heterocycles. The van der Waals surface area contributed by atoms with Gasteiger partial charge in [-0.05, 0) is 64.5 Å². The molecule has 1 aromatic rings. The van der Waals surface area contributed by atoms with Crippen LogP contribution in [0.3, 0.4) is 0 Å². The number of likely N-dealkylation sites (tertiary alicyclic amines) is 1. The van der Waals surface area contributed by atoms with Crippen molar-refractivity contribution in [2.45, 2.75) is 45.4 Å². The second-order valence-corrected chi connectivity index (χ2v) is 7.66. The van der Waals surface area contributed by atoms with Gasteiger partial charge < -0.3 is 19.5 Å². The minimum Gasteiger partial charge on any atom is -0.493 e. The highest BCUT2D eigenvalue weighted by Gasteiger charge is 2.19. The summed E-state index contributed by atoms with van der Waals surface area (Å²) in [5.74, 6) is 1.53. The van der Waals surface area contributed by atoms with Crippen LogP contribution >= 0.6 is 0 Å². The highest BCUT2D eigenvalue weighted by atomic mass is 16.5. The lowest BCUT2D eigenvalue weighted by Gasteiger charge is -2.29. The number of ether oxygens (including phenoxy) is 2. The predicted molar refractivity (Wildman–Crippen MR) is 106 cm³/mol. The summed E-state index contributed by atoms with van der Waals surface area (Å²) in [5.41, 5.74) is 1.16. The smallest absolute Gasteiger partial charge is 0.161 e. The summed E-state index contributed by atoms with van der Waals surface area (Å²) >= 11 is 0. The standard InChI is InChI=1S/C21H33N3O3/c1-16(2)23(3)14-19(25)15-27-20-6-5-18(11-21(20)26-4)13-24-9-7-17(12-22)8-10-24/h5-6,11,16-17,19,25H,7-10,13-15H2,1-4H3/t19-/m1/s1. The molecule has 0 spiro atoms. The zero-order valence-corrected chi connectivity index (χ0v) is 17.0. The zero-order valence-electron chi connectivity index (χ0n) is 17.0. The van der Waals surface area contributed by atoms with Gasteiger partial charge in [0, 0.05) is 25.0 Å². The van der Waals surface area contributed by atoms with Gasteiger partial charge in [-0.1, -0.05) is 6.07 Å². The van der Waals surface area contributed by atoms with Crippen LogP contribution in [0.2, 0.25) is 0 Å². The number of aliphatic hydroxyl groups excluding tert-OH is 1. The topological polar surface area (TPSA) is 69.0 Å². The van der Waals surface area contributed by atoms with Crippen LogP contribution in [0.25, 0.3) is 0 Å². The van der Waals surface area contributed by atoms with Crippen LogP contribution in [-0.4, -0.2) is 67.5 Å². The number of hydrogen-bond donors (Lipinski definition) is 1. The Kier molecular flexibility index (Phi) is 8.36. The second kappa shape index (κ2) is 10.5. The maximum Gasteiger partial charge on any atom is 0.161 e. The molecule has 1 heterocycles. The highest BCUT2D eigenvalue weighted by molar-refractivity contribution is 5.43. The van der Waals surface area contributed by atoms with Gasteiger partial charge in [-0.25, -0.2) is 0 Å². The molecular weight excluding hydrogens is 342 g/mol. The van der Waals surface area contributed by atoms with Gasteiger partial charge in [-0.2, -0.15) is 5.26 Å². The molecule has 27 heavy (non-hydrogen) atoms. The molecule has 1 aliphatic rings. The van der Waals surface area contributed by atoms with Crippen LogP contribution in [0.4, 0.5) is 0 Å². The third kappa shape index (κ3) is 6.69. The van der Waals surface area contributed by atoms with Gasteiger partial charge in [0.05, 0.1) is 13.2 Å². The number of nitrogens with zero attached hydrogens (tertiary/aromatic N) is 3. The first kappa shape index (κ1) is 21.5. The predicted octanol–water partition coefficient (Wildman–Crippen LogP) is 2.51.